The fourth-order valence-electron chi connectivity index (χ4n) is 3.20. The molecule has 0 unspecified atom stereocenters. The van der Waals surface area contributed by atoms with Crippen LogP contribution in [-0.2, 0) is 6.54 Å². The van der Waals surface area contributed by atoms with Crippen LogP contribution in [-0.4, -0.2) is 41.0 Å². The average molecular weight is 382 g/mol. The van der Waals surface area contributed by atoms with Gasteiger partial charge in [-0.05, 0) is 17.7 Å². The van der Waals surface area contributed by atoms with Crippen LogP contribution in [0.15, 0.2) is 60.9 Å². The number of ether oxygens (including phenoxy) is 1. The van der Waals surface area contributed by atoms with E-state index in [9.17, 15) is 8.78 Å². The second-order valence-electron chi connectivity index (χ2n) is 6.64. The molecule has 1 aromatic heterocycles. The summed E-state index contributed by atoms with van der Waals surface area (Å²) in [6, 6.07) is 15.5. The maximum atomic E-state index is 13.3. The molecule has 0 aliphatic carbocycles. The lowest BCUT2D eigenvalue weighted by molar-refractivity contribution is 0.249. The van der Waals surface area contributed by atoms with E-state index in [1.165, 1.54) is 18.0 Å². The van der Waals surface area contributed by atoms with Gasteiger partial charge in [-0.15, -0.1) is 0 Å². The number of anilines is 1. The second-order valence-corrected chi connectivity index (χ2v) is 6.64. The Balaban J connectivity index is 1.37. The van der Waals surface area contributed by atoms with Crippen molar-refractivity contribution in [2.75, 3.05) is 31.1 Å². The van der Waals surface area contributed by atoms with Gasteiger partial charge < -0.3 is 9.64 Å². The molecule has 28 heavy (non-hydrogen) atoms. The number of benzene rings is 2. The summed E-state index contributed by atoms with van der Waals surface area (Å²) < 4.78 is 31.9. The van der Waals surface area contributed by atoms with Gasteiger partial charge in [0.1, 0.15) is 17.9 Å². The SMILES string of the molecule is Fc1ccc(Oc2cc(N3CCN(Cc4ccccc4)CC3)ncn2)cc1F. The predicted molar refractivity (Wildman–Crippen MR) is 102 cm³/mol. The molecule has 0 saturated carbocycles. The van der Waals surface area contributed by atoms with E-state index < -0.39 is 11.6 Å². The number of nitrogens with zero attached hydrogens (tertiary/aromatic N) is 4. The Morgan fingerprint density at radius 2 is 1.64 bits per heavy atom. The fraction of sp³-hybridized carbons (Fsp3) is 0.238. The summed E-state index contributed by atoms with van der Waals surface area (Å²) in [5.41, 5.74) is 1.31. The normalized spacial score (nSPS) is 14.9. The van der Waals surface area contributed by atoms with Crippen molar-refractivity contribution in [3.05, 3.63) is 78.1 Å². The molecule has 2 aromatic carbocycles. The molecule has 1 aliphatic rings. The van der Waals surface area contributed by atoms with Crippen LogP contribution in [0, 0.1) is 11.6 Å². The van der Waals surface area contributed by atoms with Gasteiger partial charge in [0, 0.05) is 44.9 Å². The van der Waals surface area contributed by atoms with E-state index >= 15 is 0 Å². The van der Waals surface area contributed by atoms with Crippen molar-refractivity contribution in [3.63, 3.8) is 0 Å². The molecule has 2 heterocycles. The van der Waals surface area contributed by atoms with Crippen molar-refractivity contribution in [1.29, 1.82) is 0 Å². The number of hydrogen-bond acceptors (Lipinski definition) is 5. The average Bonchev–Trinajstić information content (AvgIpc) is 2.72. The first-order chi connectivity index (χ1) is 13.7. The smallest absolute Gasteiger partial charge is 0.224 e. The molecular weight excluding hydrogens is 362 g/mol. The molecule has 0 bridgehead atoms. The molecule has 1 fully saturated rings. The molecule has 0 atom stereocenters. The lowest BCUT2D eigenvalue weighted by Crippen LogP contribution is -2.46. The van der Waals surface area contributed by atoms with Gasteiger partial charge >= 0.3 is 0 Å². The highest BCUT2D eigenvalue weighted by atomic mass is 19.2. The summed E-state index contributed by atoms with van der Waals surface area (Å²) in [7, 11) is 0. The molecule has 0 radical (unpaired) electrons. The highest BCUT2D eigenvalue weighted by molar-refractivity contribution is 5.42. The van der Waals surface area contributed by atoms with Crippen molar-refractivity contribution in [2.45, 2.75) is 6.54 Å². The zero-order chi connectivity index (χ0) is 19.3. The zero-order valence-electron chi connectivity index (χ0n) is 15.3. The highest BCUT2D eigenvalue weighted by Gasteiger charge is 2.19. The first-order valence-electron chi connectivity index (χ1n) is 9.13. The molecule has 3 aromatic rings. The third-order valence-electron chi connectivity index (χ3n) is 4.69. The molecule has 1 aliphatic heterocycles. The summed E-state index contributed by atoms with van der Waals surface area (Å²) in [5.74, 6) is -0.628. The van der Waals surface area contributed by atoms with E-state index in [0.717, 1.165) is 50.7 Å². The maximum absolute atomic E-state index is 13.3. The molecule has 4 rings (SSSR count). The largest absolute Gasteiger partial charge is 0.439 e. The van der Waals surface area contributed by atoms with Gasteiger partial charge in [-0.2, -0.15) is 0 Å². The van der Waals surface area contributed by atoms with Crippen LogP contribution < -0.4 is 9.64 Å². The lowest BCUT2D eigenvalue weighted by Gasteiger charge is -2.35. The first-order valence-corrected chi connectivity index (χ1v) is 9.13. The Labute approximate surface area is 162 Å². The van der Waals surface area contributed by atoms with Crippen LogP contribution in [0.5, 0.6) is 11.6 Å². The maximum Gasteiger partial charge on any atom is 0.224 e. The Morgan fingerprint density at radius 3 is 2.39 bits per heavy atom. The number of piperazine rings is 1. The van der Waals surface area contributed by atoms with E-state index in [-0.39, 0.29) is 5.75 Å². The third-order valence-corrected chi connectivity index (χ3v) is 4.69. The lowest BCUT2D eigenvalue weighted by atomic mass is 10.2. The number of rotatable bonds is 5. The second kappa shape index (κ2) is 8.31. The minimum atomic E-state index is -0.957. The fourth-order valence-corrected chi connectivity index (χ4v) is 3.20. The third kappa shape index (κ3) is 4.43. The van der Waals surface area contributed by atoms with Crippen molar-refractivity contribution < 1.29 is 13.5 Å². The van der Waals surface area contributed by atoms with Crippen LogP contribution in [0.25, 0.3) is 0 Å². The number of hydrogen-bond donors (Lipinski definition) is 0. The van der Waals surface area contributed by atoms with Gasteiger partial charge in [0.15, 0.2) is 11.6 Å². The van der Waals surface area contributed by atoms with Crippen LogP contribution in [0.2, 0.25) is 0 Å². The first kappa shape index (κ1) is 18.3. The van der Waals surface area contributed by atoms with Crippen molar-refractivity contribution in [2.24, 2.45) is 0 Å². The monoisotopic (exact) mass is 382 g/mol. The van der Waals surface area contributed by atoms with E-state index in [0.29, 0.717) is 5.88 Å². The van der Waals surface area contributed by atoms with Crippen molar-refractivity contribution >= 4 is 5.82 Å². The van der Waals surface area contributed by atoms with Crippen LogP contribution >= 0.6 is 0 Å². The number of halogens is 2. The van der Waals surface area contributed by atoms with E-state index in [1.54, 1.807) is 6.07 Å². The quantitative estimate of drug-likeness (QED) is 0.670. The Kier molecular flexibility index (Phi) is 5.43. The molecule has 1 saturated heterocycles. The molecule has 144 valence electrons. The molecule has 0 spiro atoms. The summed E-state index contributed by atoms with van der Waals surface area (Å²) >= 11 is 0. The summed E-state index contributed by atoms with van der Waals surface area (Å²) in [6.45, 7) is 4.47. The van der Waals surface area contributed by atoms with E-state index in [1.807, 2.05) is 6.07 Å². The molecule has 5 nitrogen and oxygen atoms in total. The summed E-state index contributed by atoms with van der Waals surface area (Å²) in [5, 5.41) is 0. The summed E-state index contributed by atoms with van der Waals surface area (Å²) in [4.78, 5) is 13.0. The van der Waals surface area contributed by atoms with Gasteiger partial charge in [0.25, 0.3) is 0 Å². The highest BCUT2D eigenvalue weighted by Crippen LogP contribution is 2.24. The Hall–Kier alpha value is -3.06. The van der Waals surface area contributed by atoms with Crippen molar-refractivity contribution in [3.8, 4) is 11.6 Å². The van der Waals surface area contributed by atoms with Crippen molar-refractivity contribution in [1.82, 2.24) is 14.9 Å². The number of aromatic nitrogens is 2. The Morgan fingerprint density at radius 1 is 0.857 bits per heavy atom. The van der Waals surface area contributed by atoms with Gasteiger partial charge in [0.2, 0.25) is 5.88 Å². The minimum absolute atomic E-state index is 0.191. The predicted octanol–water partition coefficient (Wildman–Crippen LogP) is 3.87. The van der Waals surface area contributed by atoms with E-state index in [2.05, 4.69) is 44.0 Å². The molecule has 0 N–H and O–H groups in total. The zero-order valence-corrected chi connectivity index (χ0v) is 15.3. The van der Waals surface area contributed by atoms with Crippen LogP contribution in [0.1, 0.15) is 5.56 Å². The summed E-state index contributed by atoms with van der Waals surface area (Å²) in [6.07, 6.45) is 1.42. The van der Waals surface area contributed by atoms with Gasteiger partial charge in [-0.25, -0.2) is 18.7 Å². The molecule has 0 amide bonds. The van der Waals surface area contributed by atoms with Crippen LogP contribution in [0.3, 0.4) is 0 Å². The Bertz CT molecular complexity index is 931. The minimum Gasteiger partial charge on any atom is -0.439 e. The van der Waals surface area contributed by atoms with Crippen LogP contribution in [0.4, 0.5) is 14.6 Å². The van der Waals surface area contributed by atoms with Gasteiger partial charge in [0.05, 0.1) is 0 Å². The van der Waals surface area contributed by atoms with Gasteiger partial charge in [-0.3, -0.25) is 4.90 Å². The standard InChI is InChI=1S/C21H20F2N4O/c22-18-7-6-17(12-19(18)23)28-21-13-20(24-15-25-21)27-10-8-26(9-11-27)14-16-4-2-1-3-5-16/h1-7,12-13,15H,8-11,14H2. The topological polar surface area (TPSA) is 41.5 Å². The van der Waals surface area contributed by atoms with Gasteiger partial charge in [-0.1, -0.05) is 30.3 Å². The molecule has 7 heteroatoms. The molecular formula is C21H20F2N4O. The van der Waals surface area contributed by atoms with E-state index in [4.69, 9.17) is 4.74 Å².